The Kier molecular flexibility index (Phi) is 19.1. The molecular formula is C82H85N5O18. The van der Waals surface area contributed by atoms with Gasteiger partial charge in [-0.15, -0.1) is 0 Å². The zero-order valence-electron chi connectivity index (χ0n) is 60.6. The quantitative estimate of drug-likeness (QED) is 0.0476. The Hall–Kier alpha value is -10.5. The molecule has 10 bridgehead atoms. The Morgan fingerprint density at radius 1 is 0.819 bits per heavy atom. The maximum Gasteiger partial charge on any atom is 0.350 e. The molecule has 2 saturated heterocycles. The van der Waals surface area contributed by atoms with Gasteiger partial charge in [-0.05, 0) is 129 Å². The van der Waals surface area contributed by atoms with Crippen molar-refractivity contribution in [2.24, 2.45) is 49.5 Å². The molecule has 1 amide bonds. The van der Waals surface area contributed by atoms with Crippen LogP contribution in [0.2, 0.25) is 0 Å². The number of aliphatic imine (C=N–C) groups is 3. The summed E-state index contributed by atoms with van der Waals surface area (Å²) >= 11 is 0. The van der Waals surface area contributed by atoms with Crippen molar-refractivity contribution >= 4 is 64.6 Å². The Morgan fingerprint density at radius 2 is 1.47 bits per heavy atom. The topological polar surface area (TPSA) is 323 Å². The Morgan fingerprint density at radius 3 is 2.09 bits per heavy atom. The lowest BCUT2D eigenvalue weighted by Gasteiger charge is -2.67. The van der Waals surface area contributed by atoms with Gasteiger partial charge >= 0.3 is 35.8 Å². The summed E-state index contributed by atoms with van der Waals surface area (Å²) in [6.07, 6.45) is -3.85. The number of amides is 1. The number of aliphatic hydroxyl groups excluding tert-OH is 2. The molecule has 4 fully saturated rings. The molecule has 23 heteroatoms. The summed E-state index contributed by atoms with van der Waals surface area (Å²) < 4.78 is 43.6. The van der Waals surface area contributed by atoms with Crippen LogP contribution in [0.4, 0.5) is 0 Å². The fourth-order valence-electron chi connectivity index (χ4n) is 17.5. The zero-order valence-corrected chi connectivity index (χ0v) is 60.6. The van der Waals surface area contributed by atoms with E-state index in [0.29, 0.717) is 68.8 Å². The minimum absolute atomic E-state index is 0.0126. The van der Waals surface area contributed by atoms with Gasteiger partial charge in [0.25, 0.3) is 5.91 Å². The van der Waals surface area contributed by atoms with Crippen LogP contribution in [-0.4, -0.2) is 142 Å². The number of ether oxygens (including phenoxy) is 7. The number of fused-ring (bicyclic) bond motifs is 10. The van der Waals surface area contributed by atoms with E-state index in [4.69, 9.17) is 48.1 Å². The van der Waals surface area contributed by atoms with Gasteiger partial charge < -0.3 is 59.1 Å². The SMILES string of the molecule is C=CC1=C(C)C2=NC1=CC1=NC(=CC3=C(C)C4=C(O)C(C(=O)OC)C(=C5NC(=C2)[C@@H](C)[C@@H]5CCC(=O)O[C@H](C(=O)O[C@H]2C[C@@]5(O)[C@@H](OC(=O)c6ccccc6)[C@@H]6[C@]7(OC(C)=O)CO[C@@H]7C[C@H](O)[C@@]6(C)C(=O)[C@H](OC(C)=O)C(=C2C)C5(C)C)[C@H](NC(=O)c2ccccc2)c2ccccc2)C4=N3)C(CC)=C1C. The first kappa shape index (κ1) is 72.8. The predicted molar refractivity (Wildman–Crippen MR) is 384 cm³/mol. The van der Waals surface area contributed by atoms with Crippen molar-refractivity contribution in [2.45, 2.75) is 162 Å². The molecule has 3 aromatic rings. The highest BCUT2D eigenvalue weighted by molar-refractivity contribution is 6.24. The molecule has 546 valence electrons. The second-order valence-electron chi connectivity index (χ2n) is 29.2. The van der Waals surface area contributed by atoms with E-state index < -0.39 is 149 Å². The molecule has 5 N–H and O–H groups in total. The van der Waals surface area contributed by atoms with Gasteiger partial charge in [-0.25, -0.2) is 24.6 Å². The zero-order chi connectivity index (χ0) is 75.3. The maximum atomic E-state index is 16.2. The second kappa shape index (κ2) is 27.5. The summed E-state index contributed by atoms with van der Waals surface area (Å²) in [5, 5.41) is 45.8. The van der Waals surface area contributed by atoms with Crippen molar-refractivity contribution in [1.82, 2.24) is 10.6 Å². The van der Waals surface area contributed by atoms with Crippen molar-refractivity contribution in [3.8, 4) is 0 Å². The van der Waals surface area contributed by atoms with Crippen molar-refractivity contribution in [1.29, 1.82) is 0 Å². The lowest BCUT2D eigenvalue weighted by Crippen LogP contribution is -2.82. The van der Waals surface area contributed by atoms with Gasteiger partial charge in [-0.3, -0.25) is 28.8 Å². The summed E-state index contributed by atoms with van der Waals surface area (Å²) in [5.41, 5.74) is 1.27. The van der Waals surface area contributed by atoms with Crippen LogP contribution in [0.1, 0.15) is 141 Å². The molecule has 4 aliphatic carbocycles. The number of rotatable bonds is 17. The summed E-state index contributed by atoms with van der Waals surface area (Å²) in [4.78, 5) is 134. The van der Waals surface area contributed by atoms with E-state index in [1.54, 1.807) is 98.8 Å². The molecule has 2 saturated carbocycles. The fraction of sp³-hybridized carbons (Fsp3) is 0.402. The molecule has 6 heterocycles. The van der Waals surface area contributed by atoms with Crippen LogP contribution in [0.15, 0.2) is 221 Å². The summed E-state index contributed by atoms with van der Waals surface area (Å²) in [6.45, 7) is 21.7. The van der Waals surface area contributed by atoms with Crippen molar-refractivity contribution in [2.75, 3.05) is 13.7 Å². The number of nitrogens with one attached hydrogen (secondary N) is 2. The highest BCUT2D eigenvalue weighted by Gasteiger charge is 2.78. The van der Waals surface area contributed by atoms with Gasteiger partial charge in [0, 0.05) is 84.0 Å². The van der Waals surface area contributed by atoms with Crippen LogP contribution >= 0.6 is 0 Å². The first-order valence-corrected chi connectivity index (χ1v) is 35.3. The van der Waals surface area contributed by atoms with Crippen LogP contribution in [0.3, 0.4) is 0 Å². The van der Waals surface area contributed by atoms with Gasteiger partial charge in [-0.1, -0.05) is 107 Å². The van der Waals surface area contributed by atoms with E-state index in [9.17, 15) is 39.3 Å². The Bertz CT molecular complexity index is 4700. The maximum absolute atomic E-state index is 16.2. The van der Waals surface area contributed by atoms with E-state index in [1.807, 2.05) is 52.8 Å². The van der Waals surface area contributed by atoms with Crippen molar-refractivity contribution < 1.29 is 86.8 Å². The van der Waals surface area contributed by atoms with Crippen LogP contribution in [-0.2, 0) is 61.9 Å². The molecule has 0 spiro atoms. The third kappa shape index (κ3) is 12.0. The smallest absolute Gasteiger partial charge is 0.350 e. The number of carbonyl (C=O) groups is 8. The highest BCUT2D eigenvalue weighted by atomic mass is 16.6. The number of esters is 6. The molecule has 105 heavy (non-hydrogen) atoms. The number of nitrogens with zero attached hydrogens (tertiary/aromatic N) is 3. The van der Waals surface area contributed by atoms with Crippen molar-refractivity contribution in [3.05, 3.63) is 223 Å². The molecule has 14 atom stereocenters. The van der Waals surface area contributed by atoms with E-state index in [0.717, 1.165) is 36.1 Å². The molecular weight excluding hydrogens is 1340 g/mol. The Balaban J connectivity index is 0.926. The summed E-state index contributed by atoms with van der Waals surface area (Å²) in [7, 11) is 1.22. The number of Topliss-reactive ketones (excluding diaryl/α,β-unsaturated/α-hetero) is 1. The lowest BCUT2D eigenvalue weighted by atomic mass is 9.44. The number of ketones is 1. The fourth-order valence-corrected chi connectivity index (χ4v) is 17.5. The van der Waals surface area contributed by atoms with E-state index in [-0.39, 0.29) is 53.0 Å². The van der Waals surface area contributed by atoms with Gasteiger partial charge in [0.1, 0.15) is 41.6 Å². The summed E-state index contributed by atoms with van der Waals surface area (Å²) in [6, 6.07) is 22.6. The average molecular weight is 1430 g/mol. The molecule has 3 aromatic carbocycles. The number of allylic oxidation sites excluding steroid dienone is 11. The molecule has 23 nitrogen and oxygen atoms in total. The highest BCUT2D eigenvalue weighted by Crippen LogP contribution is 2.65. The number of benzene rings is 3. The first-order chi connectivity index (χ1) is 49.9. The third-order valence-electron chi connectivity index (χ3n) is 23.2. The second-order valence-corrected chi connectivity index (χ2v) is 29.2. The molecule has 13 rings (SSSR count). The van der Waals surface area contributed by atoms with Gasteiger partial charge in [-0.2, -0.15) is 0 Å². The number of aliphatic hydroxyl groups is 3. The third-order valence-corrected chi connectivity index (χ3v) is 23.2. The van der Waals surface area contributed by atoms with Gasteiger partial charge in [0.05, 0.1) is 70.9 Å². The molecule has 0 aromatic heterocycles. The van der Waals surface area contributed by atoms with E-state index >= 15 is 14.4 Å². The predicted octanol–water partition coefficient (Wildman–Crippen LogP) is 10.3. The standard InChI is InChI=1S/C82H85N5O18/c1-14-49-39(3)52-33-54-41(5)51(67(85-54)63-64(77(96)99-13)69(92)62-42(6)55(86-68(62)63)35-57-50(15-2)40(4)53(84-57)34-56(49)83-52)31-32-61(91)103-71(66(46-25-19-16-20-26-46)87-75(94)47-27-21-17-22-28-47)78(97)102-58-37-82(98)74(104-76(95)48-29-23-18-24-30-48)72-80(12,59(90)36-60-81(72,38-100-60)105-45(9)89)73(93)70(101-44(8)88)65(43(58)7)79(82,10)11/h14,16-30,33-35,41,51,58-60,64,66,70-72,74,85,90,92,98H,1,15,31-32,36-38H2,2-13H3,(H,87,94)/t41-,51-,58-,59-,60+,64?,66+,70+,71-,72-,74-,80+,81-,82+/m0/s1. The minimum atomic E-state index is -2.56. The van der Waals surface area contributed by atoms with Gasteiger partial charge in [0.15, 0.2) is 17.5 Å². The number of methoxy groups -OCH3 is 1. The minimum Gasteiger partial charge on any atom is -0.510 e. The Labute approximate surface area is 607 Å². The monoisotopic (exact) mass is 1430 g/mol. The van der Waals surface area contributed by atoms with E-state index in [1.165, 1.54) is 33.1 Å². The van der Waals surface area contributed by atoms with Gasteiger partial charge in [0.2, 0.25) is 6.10 Å². The van der Waals surface area contributed by atoms with Crippen LogP contribution < -0.4 is 10.6 Å². The largest absolute Gasteiger partial charge is 0.510 e. The number of hydrogen-bond acceptors (Lipinski definition) is 22. The number of carbonyl (C=O) groups excluding carboxylic acids is 8. The first-order valence-electron chi connectivity index (χ1n) is 35.3. The molecule has 1 unspecified atom stereocenters. The molecule has 6 aliphatic heterocycles. The number of hydrogen-bond donors (Lipinski definition) is 5. The van der Waals surface area contributed by atoms with Crippen LogP contribution in [0.25, 0.3) is 0 Å². The average Bonchev–Trinajstić information content (AvgIpc) is 1.37. The summed E-state index contributed by atoms with van der Waals surface area (Å²) in [5.74, 6) is -12.0. The lowest BCUT2D eigenvalue weighted by molar-refractivity contribution is -0.346. The van der Waals surface area contributed by atoms with Crippen LogP contribution in [0, 0.1) is 34.5 Å². The van der Waals surface area contributed by atoms with Crippen molar-refractivity contribution in [3.63, 3.8) is 0 Å². The molecule has 10 aliphatic rings. The van der Waals surface area contributed by atoms with Crippen LogP contribution in [0.5, 0.6) is 0 Å². The van der Waals surface area contributed by atoms with E-state index in [2.05, 4.69) is 17.2 Å². The normalized spacial score (nSPS) is 29.6. The molecule has 0 radical (unpaired) electrons.